The molecule has 1 atom stereocenters. The number of hydrogen-bond donors (Lipinski definition) is 1. The second-order valence-electron chi connectivity index (χ2n) is 5.76. The Labute approximate surface area is 163 Å². The largest absolute Gasteiger partial charge is 0.497 e. The summed E-state index contributed by atoms with van der Waals surface area (Å²) in [6, 6.07) is 13.8. The van der Waals surface area contributed by atoms with Crippen LogP contribution < -0.4 is 14.8 Å². The molecule has 6 nitrogen and oxygen atoms in total. The molecule has 2 aromatic rings. The molecule has 7 heteroatoms. The predicted molar refractivity (Wildman–Crippen MR) is 103 cm³/mol. The molecule has 0 fully saturated rings. The molecule has 0 spiro atoms. The maximum absolute atomic E-state index is 12.0. The molecule has 2 aromatic carbocycles. The topological polar surface area (TPSA) is 73.9 Å². The number of carbonyl (C=O) groups excluding carboxylic acids is 2. The van der Waals surface area contributed by atoms with E-state index < -0.39 is 18.0 Å². The molecule has 0 bridgehead atoms. The number of amides is 1. The van der Waals surface area contributed by atoms with E-state index in [-0.39, 0.29) is 6.42 Å². The summed E-state index contributed by atoms with van der Waals surface area (Å²) in [5.41, 5.74) is 0.584. The molecule has 1 amide bonds. The molecular weight excluding hydrogens is 370 g/mol. The van der Waals surface area contributed by atoms with Crippen LogP contribution in [-0.4, -0.2) is 31.7 Å². The van der Waals surface area contributed by atoms with Gasteiger partial charge in [0.05, 0.1) is 13.7 Å². The van der Waals surface area contributed by atoms with Gasteiger partial charge in [0.25, 0.3) is 5.91 Å². The zero-order valence-corrected chi connectivity index (χ0v) is 16.0. The molecule has 0 saturated carbocycles. The highest BCUT2D eigenvalue weighted by Crippen LogP contribution is 2.17. The van der Waals surface area contributed by atoms with Crippen LogP contribution in [0.5, 0.6) is 11.5 Å². The highest BCUT2D eigenvalue weighted by atomic mass is 35.5. The summed E-state index contributed by atoms with van der Waals surface area (Å²) < 4.78 is 15.8. The van der Waals surface area contributed by atoms with E-state index in [9.17, 15) is 9.59 Å². The molecule has 0 aliphatic heterocycles. The van der Waals surface area contributed by atoms with Gasteiger partial charge in [-0.25, -0.2) is 0 Å². The smallest absolute Gasteiger partial charge is 0.306 e. The Kier molecular flexibility index (Phi) is 7.95. The molecule has 0 aliphatic rings. The van der Waals surface area contributed by atoms with Crippen molar-refractivity contribution in [2.75, 3.05) is 19.0 Å². The zero-order valence-electron chi connectivity index (χ0n) is 15.2. The number of hydrogen-bond acceptors (Lipinski definition) is 5. The number of nitrogens with one attached hydrogen (secondary N) is 1. The lowest BCUT2D eigenvalue weighted by Crippen LogP contribution is -2.30. The number of anilines is 1. The molecule has 0 heterocycles. The highest BCUT2D eigenvalue weighted by molar-refractivity contribution is 6.30. The van der Waals surface area contributed by atoms with Gasteiger partial charge in [0.15, 0.2) is 6.10 Å². The number of rotatable bonds is 9. The second-order valence-corrected chi connectivity index (χ2v) is 6.19. The summed E-state index contributed by atoms with van der Waals surface area (Å²) in [6.45, 7) is 1.89. The van der Waals surface area contributed by atoms with E-state index >= 15 is 0 Å². The van der Waals surface area contributed by atoms with E-state index in [1.165, 1.54) is 6.92 Å². The van der Waals surface area contributed by atoms with Gasteiger partial charge in [-0.2, -0.15) is 0 Å². The van der Waals surface area contributed by atoms with Crippen LogP contribution in [0.2, 0.25) is 5.02 Å². The van der Waals surface area contributed by atoms with Crippen LogP contribution in [0.4, 0.5) is 5.69 Å². The second kappa shape index (κ2) is 10.4. The minimum absolute atomic E-state index is 0.161. The van der Waals surface area contributed by atoms with Crippen LogP contribution in [-0.2, 0) is 14.3 Å². The van der Waals surface area contributed by atoms with Crippen molar-refractivity contribution >= 4 is 29.2 Å². The molecule has 0 unspecified atom stereocenters. The lowest BCUT2D eigenvalue weighted by molar-refractivity contribution is -0.153. The van der Waals surface area contributed by atoms with E-state index in [0.29, 0.717) is 29.5 Å². The van der Waals surface area contributed by atoms with Gasteiger partial charge in [-0.3, -0.25) is 9.59 Å². The quantitative estimate of drug-likeness (QED) is 0.515. The first-order valence-electron chi connectivity index (χ1n) is 8.50. The molecule has 0 radical (unpaired) electrons. The van der Waals surface area contributed by atoms with Crippen LogP contribution in [0.25, 0.3) is 0 Å². The Hall–Kier alpha value is -2.73. The maximum Gasteiger partial charge on any atom is 0.306 e. The fraction of sp³-hybridized carbons (Fsp3) is 0.300. The van der Waals surface area contributed by atoms with E-state index in [2.05, 4.69) is 5.32 Å². The third kappa shape index (κ3) is 7.19. The Morgan fingerprint density at radius 1 is 1.04 bits per heavy atom. The minimum Gasteiger partial charge on any atom is -0.497 e. The van der Waals surface area contributed by atoms with Crippen LogP contribution >= 0.6 is 11.6 Å². The molecule has 0 aromatic heterocycles. The Bertz CT molecular complexity index is 746. The molecule has 2 rings (SSSR count). The predicted octanol–water partition coefficient (Wildman–Crippen LogP) is 4.08. The van der Waals surface area contributed by atoms with Crippen LogP contribution in [0.3, 0.4) is 0 Å². The summed E-state index contributed by atoms with van der Waals surface area (Å²) in [4.78, 5) is 23.9. The van der Waals surface area contributed by atoms with Crippen LogP contribution in [0.15, 0.2) is 48.5 Å². The number of carbonyl (C=O) groups is 2. The number of ether oxygens (including phenoxy) is 3. The molecule has 144 valence electrons. The van der Waals surface area contributed by atoms with E-state index in [1.54, 1.807) is 55.6 Å². The fourth-order valence-electron chi connectivity index (χ4n) is 2.17. The number of halogens is 1. The molecular formula is C20H22ClNO5. The van der Waals surface area contributed by atoms with E-state index in [4.69, 9.17) is 25.8 Å². The molecule has 0 aliphatic carbocycles. The Morgan fingerprint density at radius 3 is 2.30 bits per heavy atom. The number of methoxy groups -OCH3 is 1. The summed E-state index contributed by atoms with van der Waals surface area (Å²) in [7, 11) is 1.60. The van der Waals surface area contributed by atoms with Gasteiger partial charge in [0, 0.05) is 17.1 Å². The average Bonchev–Trinajstić information content (AvgIpc) is 2.67. The number of benzene rings is 2. The SMILES string of the molecule is COc1ccc(OCCCC(=O)O[C@@H](C)C(=O)Nc2ccc(Cl)cc2)cc1. The van der Waals surface area contributed by atoms with Gasteiger partial charge >= 0.3 is 5.97 Å². The molecule has 27 heavy (non-hydrogen) atoms. The lowest BCUT2D eigenvalue weighted by Gasteiger charge is -2.13. The van der Waals surface area contributed by atoms with Crippen LogP contribution in [0, 0.1) is 0 Å². The van der Waals surface area contributed by atoms with E-state index in [1.807, 2.05) is 0 Å². The van der Waals surface area contributed by atoms with Crippen molar-refractivity contribution in [2.24, 2.45) is 0 Å². The van der Waals surface area contributed by atoms with Crippen molar-refractivity contribution in [1.29, 1.82) is 0 Å². The molecule has 0 saturated heterocycles. The summed E-state index contributed by atoms with van der Waals surface area (Å²) in [6.07, 6.45) is -0.249. The summed E-state index contributed by atoms with van der Waals surface area (Å²) >= 11 is 5.79. The monoisotopic (exact) mass is 391 g/mol. The van der Waals surface area contributed by atoms with Crippen molar-refractivity contribution in [3.05, 3.63) is 53.6 Å². The molecule has 1 N–H and O–H groups in total. The van der Waals surface area contributed by atoms with Crippen molar-refractivity contribution < 1.29 is 23.8 Å². The Morgan fingerprint density at radius 2 is 1.67 bits per heavy atom. The van der Waals surface area contributed by atoms with Crippen molar-refractivity contribution in [1.82, 2.24) is 0 Å². The van der Waals surface area contributed by atoms with Crippen molar-refractivity contribution in [3.8, 4) is 11.5 Å². The summed E-state index contributed by atoms with van der Waals surface area (Å²) in [5, 5.41) is 3.24. The van der Waals surface area contributed by atoms with Crippen molar-refractivity contribution in [3.63, 3.8) is 0 Å². The van der Waals surface area contributed by atoms with Gasteiger partial charge in [-0.1, -0.05) is 11.6 Å². The average molecular weight is 392 g/mol. The van der Waals surface area contributed by atoms with Gasteiger partial charge in [0.2, 0.25) is 0 Å². The van der Waals surface area contributed by atoms with Gasteiger partial charge in [0.1, 0.15) is 11.5 Å². The number of esters is 1. The highest BCUT2D eigenvalue weighted by Gasteiger charge is 2.17. The van der Waals surface area contributed by atoms with Crippen LogP contribution in [0.1, 0.15) is 19.8 Å². The first kappa shape index (κ1) is 20.6. The Balaban J connectivity index is 1.66. The first-order chi connectivity index (χ1) is 13.0. The third-order valence-corrected chi connectivity index (χ3v) is 3.89. The normalized spacial score (nSPS) is 11.4. The fourth-order valence-corrected chi connectivity index (χ4v) is 2.29. The minimum atomic E-state index is -0.893. The lowest BCUT2D eigenvalue weighted by atomic mass is 10.3. The third-order valence-electron chi connectivity index (χ3n) is 3.64. The van der Waals surface area contributed by atoms with Gasteiger partial charge in [-0.15, -0.1) is 0 Å². The zero-order chi connectivity index (χ0) is 19.6. The van der Waals surface area contributed by atoms with Gasteiger partial charge in [-0.05, 0) is 61.9 Å². The summed E-state index contributed by atoms with van der Waals surface area (Å²) in [5.74, 6) is 0.587. The van der Waals surface area contributed by atoms with E-state index in [0.717, 1.165) is 5.75 Å². The first-order valence-corrected chi connectivity index (χ1v) is 8.88. The van der Waals surface area contributed by atoms with Crippen molar-refractivity contribution in [2.45, 2.75) is 25.9 Å². The maximum atomic E-state index is 12.0. The standard InChI is InChI=1S/C20H22ClNO5/c1-14(20(24)22-16-7-5-15(21)6-8-16)27-19(23)4-3-13-26-18-11-9-17(25-2)10-12-18/h5-12,14H,3-4,13H2,1-2H3,(H,22,24)/t14-/m0/s1. The van der Waals surface area contributed by atoms with Gasteiger partial charge < -0.3 is 19.5 Å².